The van der Waals surface area contributed by atoms with Crippen LogP contribution in [-0.4, -0.2) is 103 Å². The van der Waals surface area contributed by atoms with Gasteiger partial charge >= 0.3 is 5.97 Å². The molecule has 9 heteroatoms. The molecule has 1 unspecified atom stereocenters. The molecule has 0 amide bonds. The largest absolute Gasteiger partial charge is 0.480 e. The van der Waals surface area contributed by atoms with Gasteiger partial charge in [-0.3, -0.25) is 9.69 Å². The maximum Gasteiger partial charge on any atom is 0.320 e. The number of nitrogens with zero attached hydrogens (tertiary/aromatic N) is 1. The zero-order chi connectivity index (χ0) is 17.2. The number of morpholine rings is 1. The lowest BCUT2D eigenvalue weighted by Crippen LogP contribution is -2.32. The Morgan fingerprint density at radius 3 is 1.64 bits per heavy atom. The van der Waals surface area contributed by atoms with E-state index in [4.69, 9.17) is 30.9 Å². The molecule has 0 aromatic heterocycles. The third kappa shape index (κ3) is 19.2. The van der Waals surface area contributed by atoms with Crippen molar-refractivity contribution in [3.63, 3.8) is 0 Å². The van der Waals surface area contributed by atoms with E-state index in [9.17, 15) is 4.79 Å². The van der Waals surface area contributed by atoms with Gasteiger partial charge in [0.05, 0.1) is 33.0 Å². The van der Waals surface area contributed by atoms with E-state index >= 15 is 0 Å². The Bertz CT molecular complexity index is 214. The molecule has 1 atom stereocenters. The predicted octanol–water partition coefficient (Wildman–Crippen LogP) is -2.71. The van der Waals surface area contributed by atoms with E-state index in [1.807, 2.05) is 0 Å². The molecule has 1 aliphatic rings. The van der Waals surface area contributed by atoms with Crippen molar-refractivity contribution in [2.24, 2.45) is 5.73 Å². The number of aliphatic hydroxyl groups excluding tert-OH is 3. The van der Waals surface area contributed by atoms with Gasteiger partial charge in [-0.2, -0.15) is 0 Å². The lowest BCUT2D eigenvalue weighted by atomic mass is 10.4. The Morgan fingerprint density at radius 2 is 1.50 bits per heavy atom. The topological polar surface area (TPSA) is 149 Å². The molecule has 9 nitrogen and oxygen atoms in total. The summed E-state index contributed by atoms with van der Waals surface area (Å²) in [5.74, 6) is -0.963. The van der Waals surface area contributed by atoms with E-state index in [1.54, 1.807) is 4.90 Å². The zero-order valence-electron chi connectivity index (χ0n) is 13.3. The van der Waals surface area contributed by atoms with Crippen molar-refractivity contribution in [1.82, 2.24) is 10.2 Å². The Balaban J connectivity index is 0. The van der Waals surface area contributed by atoms with Crippen molar-refractivity contribution < 1.29 is 30.0 Å². The second-order valence-electron chi connectivity index (χ2n) is 4.50. The first-order valence-electron chi connectivity index (χ1n) is 7.31. The molecular weight excluding hydrogens is 294 g/mol. The first-order valence-corrected chi connectivity index (χ1v) is 7.31. The molecule has 0 aromatic carbocycles. The van der Waals surface area contributed by atoms with Crippen molar-refractivity contribution >= 4 is 5.97 Å². The number of aliphatic hydroxyl groups is 3. The SMILES string of the molecule is C1COCCN1.CC(N)C(=O)O.OCCN(CCO)CCO. The summed E-state index contributed by atoms with van der Waals surface area (Å²) in [5, 5.41) is 36.5. The van der Waals surface area contributed by atoms with Crippen LogP contribution in [0.25, 0.3) is 0 Å². The van der Waals surface area contributed by atoms with Gasteiger partial charge in [0.25, 0.3) is 0 Å². The number of carboxylic acid groups (broad SMARTS) is 1. The molecule has 7 N–H and O–H groups in total. The summed E-state index contributed by atoms with van der Waals surface area (Å²) in [6.45, 7) is 7.01. The summed E-state index contributed by atoms with van der Waals surface area (Å²) in [5.41, 5.74) is 4.84. The van der Waals surface area contributed by atoms with Gasteiger partial charge in [-0.1, -0.05) is 0 Å². The molecule has 1 saturated heterocycles. The second-order valence-corrected chi connectivity index (χ2v) is 4.50. The Morgan fingerprint density at radius 1 is 1.14 bits per heavy atom. The maximum absolute atomic E-state index is 9.57. The quantitative estimate of drug-likeness (QED) is 0.294. The van der Waals surface area contributed by atoms with Gasteiger partial charge in [0.1, 0.15) is 6.04 Å². The van der Waals surface area contributed by atoms with Crippen LogP contribution in [0.3, 0.4) is 0 Å². The van der Waals surface area contributed by atoms with Crippen molar-refractivity contribution in [2.75, 3.05) is 65.8 Å². The molecule has 0 spiro atoms. The highest BCUT2D eigenvalue weighted by atomic mass is 16.5. The Kier molecular flexibility index (Phi) is 19.4. The Hall–Kier alpha value is -0.810. The highest BCUT2D eigenvalue weighted by molar-refractivity contribution is 5.72. The van der Waals surface area contributed by atoms with Crippen LogP contribution in [0.4, 0.5) is 0 Å². The van der Waals surface area contributed by atoms with Crippen LogP contribution in [0.15, 0.2) is 0 Å². The number of rotatable bonds is 7. The minimum Gasteiger partial charge on any atom is -0.480 e. The molecule has 0 radical (unpaired) electrons. The summed E-state index contributed by atoms with van der Waals surface area (Å²) in [7, 11) is 0. The molecule has 0 aromatic rings. The molecule has 1 aliphatic heterocycles. The Labute approximate surface area is 131 Å². The fraction of sp³-hybridized carbons (Fsp3) is 0.923. The van der Waals surface area contributed by atoms with Crippen LogP contribution in [0.1, 0.15) is 6.92 Å². The number of carboxylic acids is 1. The average Bonchev–Trinajstić information content (AvgIpc) is 2.51. The fourth-order valence-electron chi connectivity index (χ4n) is 1.28. The monoisotopic (exact) mass is 325 g/mol. The molecule has 0 bridgehead atoms. The standard InChI is InChI=1S/C6H15NO3.C4H9NO.C3H7NO2/c8-4-1-7(2-5-9)3-6-10;1-3-6-4-2-5-1;1-2(4)3(5)6/h8-10H,1-6H2;5H,1-4H2;2H,4H2,1H3,(H,5,6). The van der Waals surface area contributed by atoms with E-state index < -0.39 is 12.0 Å². The molecule has 134 valence electrons. The molecule has 1 heterocycles. The van der Waals surface area contributed by atoms with E-state index in [2.05, 4.69) is 5.32 Å². The number of carbonyl (C=O) groups is 1. The normalized spacial score (nSPS) is 15.2. The average molecular weight is 325 g/mol. The molecular formula is C13H31N3O6. The number of nitrogens with one attached hydrogen (secondary N) is 1. The minimum absolute atomic E-state index is 0.0694. The minimum atomic E-state index is -0.963. The maximum atomic E-state index is 9.57. The van der Waals surface area contributed by atoms with Crippen LogP contribution in [0, 0.1) is 0 Å². The van der Waals surface area contributed by atoms with E-state index in [-0.39, 0.29) is 19.8 Å². The van der Waals surface area contributed by atoms with Crippen LogP contribution < -0.4 is 11.1 Å². The zero-order valence-corrected chi connectivity index (χ0v) is 13.3. The first kappa shape index (κ1) is 23.5. The molecule has 22 heavy (non-hydrogen) atoms. The van der Waals surface area contributed by atoms with Gasteiger partial charge in [-0.05, 0) is 6.92 Å². The number of ether oxygens (including phenoxy) is 1. The van der Waals surface area contributed by atoms with Crippen LogP contribution >= 0.6 is 0 Å². The summed E-state index contributed by atoms with van der Waals surface area (Å²) in [6.07, 6.45) is 0. The fourth-order valence-corrected chi connectivity index (χ4v) is 1.28. The van der Waals surface area contributed by atoms with Crippen molar-refractivity contribution in [3.05, 3.63) is 0 Å². The van der Waals surface area contributed by atoms with E-state index in [0.29, 0.717) is 19.6 Å². The van der Waals surface area contributed by atoms with Crippen molar-refractivity contribution in [2.45, 2.75) is 13.0 Å². The molecule has 0 aliphatic carbocycles. The third-order valence-corrected chi connectivity index (χ3v) is 2.48. The summed E-state index contributed by atoms with van der Waals surface area (Å²) < 4.78 is 5.01. The summed E-state index contributed by atoms with van der Waals surface area (Å²) >= 11 is 0. The van der Waals surface area contributed by atoms with Crippen molar-refractivity contribution in [1.29, 1.82) is 0 Å². The van der Waals surface area contributed by atoms with Crippen LogP contribution in [0.2, 0.25) is 0 Å². The highest BCUT2D eigenvalue weighted by Gasteiger charge is 2.00. The number of hydrogen-bond donors (Lipinski definition) is 6. The van der Waals surface area contributed by atoms with Gasteiger partial charge in [0, 0.05) is 32.7 Å². The van der Waals surface area contributed by atoms with Gasteiger partial charge in [-0.25, -0.2) is 0 Å². The number of aliphatic carboxylic acids is 1. The smallest absolute Gasteiger partial charge is 0.320 e. The summed E-state index contributed by atoms with van der Waals surface area (Å²) in [4.78, 5) is 11.4. The van der Waals surface area contributed by atoms with Gasteiger partial charge in [0.2, 0.25) is 0 Å². The molecule has 1 fully saturated rings. The van der Waals surface area contributed by atoms with Crippen LogP contribution in [-0.2, 0) is 9.53 Å². The first-order chi connectivity index (χ1) is 10.5. The third-order valence-electron chi connectivity index (χ3n) is 2.48. The molecule has 1 rings (SSSR count). The van der Waals surface area contributed by atoms with Crippen molar-refractivity contribution in [3.8, 4) is 0 Å². The van der Waals surface area contributed by atoms with E-state index in [1.165, 1.54) is 6.92 Å². The predicted molar refractivity (Wildman–Crippen MR) is 82.7 cm³/mol. The van der Waals surface area contributed by atoms with Gasteiger partial charge in [0.15, 0.2) is 0 Å². The number of hydrogen-bond acceptors (Lipinski definition) is 8. The lowest BCUT2D eigenvalue weighted by molar-refractivity contribution is -0.138. The highest BCUT2D eigenvalue weighted by Crippen LogP contribution is 1.84. The van der Waals surface area contributed by atoms with E-state index in [0.717, 1.165) is 26.3 Å². The van der Waals surface area contributed by atoms with Crippen LogP contribution in [0.5, 0.6) is 0 Å². The number of nitrogens with two attached hydrogens (primary N) is 1. The lowest BCUT2D eigenvalue weighted by Gasteiger charge is -2.17. The summed E-state index contributed by atoms with van der Waals surface area (Å²) in [6, 6.07) is -0.731. The van der Waals surface area contributed by atoms with Gasteiger partial charge in [-0.15, -0.1) is 0 Å². The second kappa shape index (κ2) is 18.2. The molecule has 0 saturated carbocycles. The van der Waals surface area contributed by atoms with Gasteiger partial charge < -0.3 is 36.2 Å².